The highest BCUT2D eigenvalue weighted by Crippen LogP contribution is 2.30. The Kier molecular flexibility index (Phi) is 2.48. The van der Waals surface area contributed by atoms with Crippen LogP contribution in [0.2, 0.25) is 0 Å². The number of rotatable bonds is 4. The fourth-order valence-corrected chi connectivity index (χ4v) is 1.33. The van der Waals surface area contributed by atoms with E-state index in [0.717, 1.165) is 5.69 Å². The van der Waals surface area contributed by atoms with E-state index in [4.69, 9.17) is 4.74 Å². The third-order valence-corrected chi connectivity index (χ3v) is 2.54. The van der Waals surface area contributed by atoms with E-state index in [1.165, 1.54) is 18.9 Å². The van der Waals surface area contributed by atoms with Crippen molar-refractivity contribution in [2.24, 2.45) is 5.92 Å². The number of ether oxygens (including phenoxy) is 1. The van der Waals surface area contributed by atoms with Crippen molar-refractivity contribution in [3.05, 3.63) is 17.6 Å². The van der Waals surface area contributed by atoms with Gasteiger partial charge in [-0.15, -0.1) is 0 Å². The van der Waals surface area contributed by atoms with E-state index in [1.54, 1.807) is 0 Å². The number of aromatic amines is 1. The van der Waals surface area contributed by atoms with Crippen LogP contribution in [-0.2, 0) is 0 Å². The van der Waals surface area contributed by atoms with Gasteiger partial charge in [0.15, 0.2) is 5.82 Å². The van der Waals surface area contributed by atoms with Crippen LogP contribution in [0.15, 0.2) is 6.07 Å². The van der Waals surface area contributed by atoms with Crippen LogP contribution in [-0.4, -0.2) is 11.6 Å². The molecule has 1 aromatic heterocycles. The second-order valence-electron chi connectivity index (χ2n) is 4.31. The Hall–Kier alpha value is -0.990. The van der Waals surface area contributed by atoms with Crippen LogP contribution in [0.4, 0.5) is 4.39 Å². The monoisotopic (exact) mass is 197 g/mol. The summed E-state index contributed by atoms with van der Waals surface area (Å²) in [6.07, 6.45) is 2.44. The smallest absolute Gasteiger partial charge is 0.228 e. The van der Waals surface area contributed by atoms with Gasteiger partial charge < -0.3 is 9.72 Å². The lowest BCUT2D eigenvalue weighted by Gasteiger charge is -2.02. The highest BCUT2D eigenvalue weighted by atomic mass is 19.1. The molecule has 0 saturated heterocycles. The van der Waals surface area contributed by atoms with Crippen molar-refractivity contribution >= 4 is 0 Å². The van der Waals surface area contributed by atoms with Crippen molar-refractivity contribution in [3.63, 3.8) is 0 Å². The summed E-state index contributed by atoms with van der Waals surface area (Å²) in [5.74, 6) is 0.998. The molecule has 78 valence electrons. The van der Waals surface area contributed by atoms with Crippen LogP contribution in [0.3, 0.4) is 0 Å². The minimum Gasteiger partial charge on any atom is -0.477 e. The SMILES string of the molecule is CC(C)c1cc(F)c(OCC2CC2)[nH]1. The van der Waals surface area contributed by atoms with Gasteiger partial charge in [0, 0.05) is 5.69 Å². The van der Waals surface area contributed by atoms with Gasteiger partial charge >= 0.3 is 0 Å². The van der Waals surface area contributed by atoms with Crippen LogP contribution in [0.5, 0.6) is 5.88 Å². The normalized spacial score (nSPS) is 16.3. The molecule has 0 aliphatic heterocycles. The van der Waals surface area contributed by atoms with Gasteiger partial charge in [0.05, 0.1) is 6.61 Å². The zero-order valence-corrected chi connectivity index (χ0v) is 8.64. The maximum Gasteiger partial charge on any atom is 0.228 e. The second kappa shape index (κ2) is 3.64. The second-order valence-corrected chi connectivity index (χ2v) is 4.31. The Bertz CT molecular complexity index is 315. The van der Waals surface area contributed by atoms with E-state index < -0.39 is 0 Å². The summed E-state index contributed by atoms with van der Waals surface area (Å²) in [6, 6.07) is 1.52. The van der Waals surface area contributed by atoms with Crippen LogP contribution < -0.4 is 4.74 Å². The maximum absolute atomic E-state index is 13.3. The number of nitrogens with one attached hydrogen (secondary N) is 1. The molecule has 2 rings (SSSR count). The summed E-state index contributed by atoms with van der Waals surface area (Å²) in [4.78, 5) is 2.97. The van der Waals surface area contributed by atoms with Gasteiger partial charge in [-0.3, -0.25) is 0 Å². The summed E-state index contributed by atoms with van der Waals surface area (Å²) >= 11 is 0. The molecular formula is C11H16FNO. The van der Waals surface area contributed by atoms with Gasteiger partial charge in [0.2, 0.25) is 5.88 Å². The molecule has 0 bridgehead atoms. The number of H-pyrrole nitrogens is 1. The first-order valence-corrected chi connectivity index (χ1v) is 5.18. The highest BCUT2D eigenvalue weighted by Gasteiger charge is 2.23. The van der Waals surface area contributed by atoms with Gasteiger partial charge in [0.1, 0.15) is 0 Å². The highest BCUT2D eigenvalue weighted by molar-refractivity contribution is 5.22. The molecule has 0 unspecified atom stereocenters. The number of halogens is 1. The lowest BCUT2D eigenvalue weighted by molar-refractivity contribution is 0.276. The van der Waals surface area contributed by atoms with E-state index in [1.807, 2.05) is 13.8 Å². The molecule has 1 fully saturated rings. The molecule has 0 atom stereocenters. The topological polar surface area (TPSA) is 25.0 Å². The van der Waals surface area contributed by atoms with E-state index in [2.05, 4.69) is 4.98 Å². The Labute approximate surface area is 83.5 Å². The summed E-state index contributed by atoms with van der Waals surface area (Å²) in [5.41, 5.74) is 0.897. The van der Waals surface area contributed by atoms with Crippen molar-refractivity contribution in [1.82, 2.24) is 4.98 Å². The quantitative estimate of drug-likeness (QED) is 0.788. The largest absolute Gasteiger partial charge is 0.477 e. The first kappa shape index (κ1) is 9.56. The Morgan fingerprint density at radius 1 is 1.57 bits per heavy atom. The molecule has 0 radical (unpaired) electrons. The molecule has 2 nitrogen and oxygen atoms in total. The van der Waals surface area contributed by atoms with Crippen LogP contribution in [0.25, 0.3) is 0 Å². The van der Waals surface area contributed by atoms with Gasteiger partial charge in [0.25, 0.3) is 0 Å². The summed E-state index contributed by atoms with van der Waals surface area (Å²) in [7, 11) is 0. The predicted octanol–water partition coefficient (Wildman–Crippen LogP) is 3.07. The lowest BCUT2D eigenvalue weighted by Crippen LogP contribution is -2.00. The van der Waals surface area contributed by atoms with Gasteiger partial charge in [-0.25, -0.2) is 4.39 Å². The fourth-order valence-electron chi connectivity index (χ4n) is 1.33. The molecule has 1 aliphatic carbocycles. The fraction of sp³-hybridized carbons (Fsp3) is 0.636. The van der Waals surface area contributed by atoms with Crippen LogP contribution in [0, 0.1) is 11.7 Å². The number of hydrogen-bond acceptors (Lipinski definition) is 1. The van der Waals surface area contributed by atoms with Crippen molar-refractivity contribution in [2.75, 3.05) is 6.61 Å². The van der Waals surface area contributed by atoms with Crippen molar-refractivity contribution in [2.45, 2.75) is 32.6 Å². The molecule has 1 aliphatic rings. The van der Waals surface area contributed by atoms with Crippen molar-refractivity contribution in [1.29, 1.82) is 0 Å². The standard InChI is InChI=1S/C11H16FNO/c1-7(2)10-5-9(12)11(13-10)14-6-8-3-4-8/h5,7-8,13H,3-4,6H2,1-2H3. The molecule has 14 heavy (non-hydrogen) atoms. The molecule has 0 spiro atoms. The molecule has 1 heterocycles. The third kappa shape index (κ3) is 2.08. The molecule has 0 amide bonds. The Balaban J connectivity index is 2.00. The third-order valence-electron chi connectivity index (χ3n) is 2.54. The zero-order valence-electron chi connectivity index (χ0n) is 8.64. The maximum atomic E-state index is 13.3. The molecule has 1 saturated carbocycles. The van der Waals surface area contributed by atoms with Crippen LogP contribution in [0.1, 0.15) is 38.3 Å². The van der Waals surface area contributed by atoms with E-state index in [9.17, 15) is 4.39 Å². The van der Waals surface area contributed by atoms with Crippen LogP contribution >= 0.6 is 0 Å². The molecule has 3 heteroatoms. The minimum atomic E-state index is -0.269. The first-order valence-electron chi connectivity index (χ1n) is 5.18. The zero-order chi connectivity index (χ0) is 10.1. The molecule has 1 N–H and O–H groups in total. The predicted molar refractivity (Wildman–Crippen MR) is 53.1 cm³/mol. The Morgan fingerprint density at radius 2 is 2.29 bits per heavy atom. The summed E-state index contributed by atoms with van der Waals surface area (Å²) in [6.45, 7) is 4.70. The van der Waals surface area contributed by atoms with E-state index >= 15 is 0 Å². The van der Waals surface area contributed by atoms with E-state index in [0.29, 0.717) is 24.3 Å². The molecule has 0 aromatic carbocycles. The van der Waals surface area contributed by atoms with Crippen molar-refractivity contribution < 1.29 is 9.13 Å². The number of aromatic nitrogens is 1. The lowest BCUT2D eigenvalue weighted by atomic mass is 10.1. The average Bonchev–Trinajstić information content (AvgIpc) is 2.87. The molecular weight excluding hydrogens is 181 g/mol. The Morgan fingerprint density at radius 3 is 2.79 bits per heavy atom. The molecule has 1 aromatic rings. The summed E-state index contributed by atoms with van der Waals surface area (Å²) in [5, 5.41) is 0. The van der Waals surface area contributed by atoms with Gasteiger partial charge in [-0.2, -0.15) is 0 Å². The first-order chi connectivity index (χ1) is 6.66. The van der Waals surface area contributed by atoms with E-state index in [-0.39, 0.29) is 5.82 Å². The average molecular weight is 197 g/mol. The van der Waals surface area contributed by atoms with Gasteiger partial charge in [-0.05, 0) is 30.7 Å². The number of hydrogen-bond donors (Lipinski definition) is 1. The minimum absolute atomic E-state index is 0.269. The van der Waals surface area contributed by atoms with Crippen molar-refractivity contribution in [3.8, 4) is 5.88 Å². The summed E-state index contributed by atoms with van der Waals surface area (Å²) < 4.78 is 18.6. The van der Waals surface area contributed by atoms with Gasteiger partial charge in [-0.1, -0.05) is 13.8 Å².